The molecule has 1 heterocycles. The number of nitrogens with zero attached hydrogens (tertiary/aromatic N) is 1. The Morgan fingerprint density at radius 1 is 1.38 bits per heavy atom. The Morgan fingerprint density at radius 3 is 2.81 bits per heavy atom. The fourth-order valence-corrected chi connectivity index (χ4v) is 3.28. The van der Waals surface area contributed by atoms with Crippen molar-refractivity contribution in [3.8, 4) is 0 Å². The summed E-state index contributed by atoms with van der Waals surface area (Å²) in [5, 5.41) is 0. The molecule has 0 aliphatic carbocycles. The fraction of sp³-hybridized carbons (Fsp3) is 0.500. The maximum absolute atomic E-state index is 12.0. The van der Waals surface area contributed by atoms with E-state index in [1.165, 1.54) is 0 Å². The van der Waals surface area contributed by atoms with Crippen molar-refractivity contribution in [1.82, 2.24) is 0 Å². The zero-order chi connectivity index (χ0) is 11.8. The van der Waals surface area contributed by atoms with Crippen molar-refractivity contribution in [3.05, 3.63) is 29.3 Å². The number of hydrogen-bond donors (Lipinski definition) is 0. The topological polar surface area (TPSA) is 37.4 Å². The van der Waals surface area contributed by atoms with Gasteiger partial charge in [-0.25, -0.2) is 8.42 Å². The lowest BCUT2D eigenvalue weighted by Crippen LogP contribution is -2.36. The summed E-state index contributed by atoms with van der Waals surface area (Å²) >= 11 is 0. The summed E-state index contributed by atoms with van der Waals surface area (Å²) in [4.78, 5) is 0. The Kier molecular flexibility index (Phi) is 2.93. The molecule has 3 nitrogen and oxygen atoms in total. The van der Waals surface area contributed by atoms with Gasteiger partial charge in [-0.1, -0.05) is 12.1 Å². The van der Waals surface area contributed by atoms with Crippen LogP contribution in [0.3, 0.4) is 0 Å². The number of aryl methyl sites for hydroxylation is 2. The predicted octanol–water partition coefficient (Wildman–Crippen LogP) is 2.10. The van der Waals surface area contributed by atoms with Gasteiger partial charge in [-0.05, 0) is 43.9 Å². The summed E-state index contributed by atoms with van der Waals surface area (Å²) in [6, 6.07) is 6.06. The van der Waals surface area contributed by atoms with E-state index in [0.717, 1.165) is 29.7 Å². The van der Waals surface area contributed by atoms with Crippen molar-refractivity contribution in [1.29, 1.82) is 0 Å². The number of fused-ring (bicyclic) bond motifs is 1. The molecule has 0 spiro atoms. The van der Waals surface area contributed by atoms with Crippen molar-refractivity contribution in [2.24, 2.45) is 0 Å². The maximum atomic E-state index is 12.0. The maximum Gasteiger partial charge on any atom is 0.234 e. The van der Waals surface area contributed by atoms with Crippen LogP contribution in [-0.4, -0.2) is 20.7 Å². The zero-order valence-electron chi connectivity index (χ0n) is 9.73. The molecule has 0 bridgehead atoms. The molecular formula is C12H17NO2S. The molecule has 0 saturated carbocycles. The average Bonchev–Trinajstić information content (AvgIpc) is 2.28. The first-order chi connectivity index (χ1) is 7.54. The van der Waals surface area contributed by atoms with E-state index in [0.29, 0.717) is 6.54 Å². The molecule has 0 atom stereocenters. The molecule has 1 aromatic rings. The van der Waals surface area contributed by atoms with Crippen LogP contribution in [-0.2, 0) is 16.4 Å². The van der Waals surface area contributed by atoms with Gasteiger partial charge in [-0.3, -0.25) is 4.31 Å². The highest BCUT2D eigenvalue weighted by atomic mass is 32.2. The highest BCUT2D eigenvalue weighted by Gasteiger charge is 2.25. The summed E-state index contributed by atoms with van der Waals surface area (Å²) in [5.41, 5.74) is 3.14. The predicted molar refractivity (Wildman–Crippen MR) is 66.3 cm³/mol. The van der Waals surface area contributed by atoms with E-state index in [-0.39, 0.29) is 5.75 Å². The minimum absolute atomic E-state index is 0.167. The molecule has 1 aromatic carbocycles. The largest absolute Gasteiger partial charge is 0.270 e. The van der Waals surface area contributed by atoms with Crippen LogP contribution in [0.2, 0.25) is 0 Å². The molecule has 1 aliphatic heterocycles. The standard InChI is InChI=1S/C12H17NO2S/c1-3-16(14,15)13-8-4-5-11-7-6-10(2)9-12(11)13/h6-7,9H,3-5,8H2,1-2H3. The summed E-state index contributed by atoms with van der Waals surface area (Å²) in [6.45, 7) is 4.30. The average molecular weight is 239 g/mol. The third-order valence-corrected chi connectivity index (χ3v) is 4.80. The number of benzene rings is 1. The lowest BCUT2D eigenvalue weighted by atomic mass is 10.0. The van der Waals surface area contributed by atoms with Gasteiger partial charge in [0.05, 0.1) is 11.4 Å². The van der Waals surface area contributed by atoms with Crippen LogP contribution in [0.5, 0.6) is 0 Å². The zero-order valence-corrected chi connectivity index (χ0v) is 10.5. The van der Waals surface area contributed by atoms with Crippen LogP contribution in [0.1, 0.15) is 24.5 Å². The van der Waals surface area contributed by atoms with Crippen LogP contribution in [0, 0.1) is 6.92 Å². The SMILES string of the molecule is CCS(=O)(=O)N1CCCc2ccc(C)cc21. The van der Waals surface area contributed by atoms with E-state index in [2.05, 4.69) is 0 Å². The molecule has 0 radical (unpaired) electrons. The van der Waals surface area contributed by atoms with E-state index < -0.39 is 10.0 Å². The molecule has 16 heavy (non-hydrogen) atoms. The molecule has 2 rings (SSSR count). The summed E-state index contributed by atoms with van der Waals surface area (Å²) in [6.07, 6.45) is 1.89. The first-order valence-electron chi connectivity index (χ1n) is 5.64. The number of anilines is 1. The monoisotopic (exact) mass is 239 g/mol. The summed E-state index contributed by atoms with van der Waals surface area (Å²) in [7, 11) is -3.12. The first kappa shape index (κ1) is 11.5. The Morgan fingerprint density at radius 2 is 2.12 bits per heavy atom. The first-order valence-corrected chi connectivity index (χ1v) is 7.25. The second-order valence-corrected chi connectivity index (χ2v) is 6.39. The van der Waals surface area contributed by atoms with Gasteiger partial charge in [0.15, 0.2) is 0 Å². The molecule has 0 aromatic heterocycles. The van der Waals surface area contributed by atoms with Crippen molar-refractivity contribution >= 4 is 15.7 Å². The smallest absolute Gasteiger partial charge is 0.234 e. The highest BCUT2D eigenvalue weighted by Crippen LogP contribution is 2.30. The Labute approximate surface area is 97.1 Å². The molecule has 0 amide bonds. The minimum Gasteiger partial charge on any atom is -0.270 e. The van der Waals surface area contributed by atoms with E-state index >= 15 is 0 Å². The Balaban J connectivity index is 2.51. The number of hydrogen-bond acceptors (Lipinski definition) is 2. The highest BCUT2D eigenvalue weighted by molar-refractivity contribution is 7.92. The van der Waals surface area contributed by atoms with Gasteiger partial charge in [0, 0.05) is 6.54 Å². The van der Waals surface area contributed by atoms with Gasteiger partial charge in [0.2, 0.25) is 10.0 Å². The summed E-state index contributed by atoms with van der Waals surface area (Å²) < 4.78 is 25.5. The molecular weight excluding hydrogens is 222 g/mol. The molecule has 0 fully saturated rings. The van der Waals surface area contributed by atoms with E-state index in [1.807, 2.05) is 25.1 Å². The lowest BCUT2D eigenvalue weighted by molar-refractivity contribution is 0.588. The van der Waals surface area contributed by atoms with Gasteiger partial charge in [-0.2, -0.15) is 0 Å². The third kappa shape index (κ3) is 1.94. The molecule has 0 N–H and O–H groups in total. The third-order valence-electron chi connectivity index (χ3n) is 3.02. The van der Waals surface area contributed by atoms with Crippen molar-refractivity contribution < 1.29 is 8.42 Å². The van der Waals surface area contributed by atoms with Crippen molar-refractivity contribution in [2.75, 3.05) is 16.6 Å². The molecule has 0 unspecified atom stereocenters. The lowest BCUT2D eigenvalue weighted by Gasteiger charge is -2.30. The second-order valence-electron chi connectivity index (χ2n) is 4.21. The van der Waals surface area contributed by atoms with Gasteiger partial charge in [0.25, 0.3) is 0 Å². The summed E-state index contributed by atoms with van der Waals surface area (Å²) in [5.74, 6) is 0.167. The van der Waals surface area contributed by atoms with Crippen LogP contribution in [0.25, 0.3) is 0 Å². The van der Waals surface area contributed by atoms with Crippen molar-refractivity contribution in [2.45, 2.75) is 26.7 Å². The molecule has 1 aliphatic rings. The van der Waals surface area contributed by atoms with Crippen LogP contribution in [0.15, 0.2) is 18.2 Å². The van der Waals surface area contributed by atoms with Gasteiger partial charge >= 0.3 is 0 Å². The Bertz CT molecular complexity index is 494. The van der Waals surface area contributed by atoms with Crippen LogP contribution >= 0.6 is 0 Å². The number of rotatable bonds is 2. The van der Waals surface area contributed by atoms with Crippen LogP contribution < -0.4 is 4.31 Å². The Hall–Kier alpha value is -1.03. The van der Waals surface area contributed by atoms with Gasteiger partial charge in [-0.15, -0.1) is 0 Å². The van der Waals surface area contributed by atoms with Gasteiger partial charge < -0.3 is 0 Å². The quantitative estimate of drug-likeness (QED) is 0.792. The second kappa shape index (κ2) is 4.09. The molecule has 0 saturated heterocycles. The fourth-order valence-electron chi connectivity index (χ4n) is 2.10. The van der Waals surface area contributed by atoms with E-state index in [1.54, 1.807) is 11.2 Å². The van der Waals surface area contributed by atoms with Crippen molar-refractivity contribution in [3.63, 3.8) is 0 Å². The normalized spacial score (nSPS) is 16.0. The molecule has 4 heteroatoms. The minimum atomic E-state index is -3.12. The van der Waals surface area contributed by atoms with Crippen LogP contribution in [0.4, 0.5) is 5.69 Å². The molecule has 88 valence electrons. The van der Waals surface area contributed by atoms with E-state index in [4.69, 9.17) is 0 Å². The van der Waals surface area contributed by atoms with Gasteiger partial charge in [0.1, 0.15) is 0 Å². The number of sulfonamides is 1. The van der Waals surface area contributed by atoms with E-state index in [9.17, 15) is 8.42 Å².